The fraction of sp³-hybridized carbons (Fsp3) is 0.286. The summed E-state index contributed by atoms with van der Waals surface area (Å²) in [6, 6.07) is 3.98. The molecular formula is C14H15BrClN3OS. The van der Waals surface area contributed by atoms with Crippen LogP contribution in [0, 0.1) is 6.92 Å². The first-order valence-electron chi connectivity index (χ1n) is 6.25. The third-order valence-electron chi connectivity index (χ3n) is 2.99. The van der Waals surface area contributed by atoms with Gasteiger partial charge < -0.3 is 4.90 Å². The van der Waals surface area contributed by atoms with E-state index in [4.69, 9.17) is 11.6 Å². The van der Waals surface area contributed by atoms with Gasteiger partial charge in [0.05, 0.1) is 16.0 Å². The molecule has 0 aliphatic carbocycles. The van der Waals surface area contributed by atoms with Gasteiger partial charge in [-0.15, -0.1) is 11.3 Å². The molecule has 0 aliphatic rings. The van der Waals surface area contributed by atoms with Gasteiger partial charge in [0.2, 0.25) is 5.91 Å². The molecule has 0 unspecified atom stereocenters. The van der Waals surface area contributed by atoms with E-state index in [1.165, 1.54) is 6.08 Å². The summed E-state index contributed by atoms with van der Waals surface area (Å²) in [7, 11) is 3.55. The predicted molar refractivity (Wildman–Crippen MR) is 90.5 cm³/mol. The van der Waals surface area contributed by atoms with Crippen molar-refractivity contribution in [3.63, 3.8) is 0 Å². The zero-order valence-electron chi connectivity index (χ0n) is 11.9. The molecule has 0 saturated heterocycles. The molecule has 2 aromatic rings. The zero-order chi connectivity index (χ0) is 15.6. The second-order valence-electron chi connectivity index (χ2n) is 4.65. The monoisotopic (exact) mass is 387 g/mol. The van der Waals surface area contributed by atoms with E-state index < -0.39 is 0 Å². The summed E-state index contributed by atoms with van der Waals surface area (Å²) in [6.45, 7) is 2.45. The number of hydrogen-bond donors (Lipinski definition) is 0. The first kappa shape index (κ1) is 16.3. The van der Waals surface area contributed by atoms with Gasteiger partial charge in [0.25, 0.3) is 0 Å². The number of rotatable bonds is 4. The topological polar surface area (TPSA) is 38.1 Å². The number of carbonyl (C=O) groups is 1. The fourth-order valence-corrected chi connectivity index (χ4v) is 3.64. The third-order valence-corrected chi connectivity index (χ3v) is 5.04. The summed E-state index contributed by atoms with van der Waals surface area (Å²) in [6.07, 6.45) is 3.24. The van der Waals surface area contributed by atoms with Crippen LogP contribution < -0.4 is 0 Å². The van der Waals surface area contributed by atoms with Gasteiger partial charge in [0, 0.05) is 30.6 Å². The normalized spacial score (nSPS) is 11.3. The van der Waals surface area contributed by atoms with E-state index in [1.807, 2.05) is 19.1 Å². The van der Waals surface area contributed by atoms with Crippen LogP contribution in [0.1, 0.15) is 16.1 Å². The summed E-state index contributed by atoms with van der Waals surface area (Å²) in [5.41, 5.74) is 1.58. The van der Waals surface area contributed by atoms with Crippen LogP contribution in [0.2, 0.25) is 5.15 Å². The van der Waals surface area contributed by atoms with Gasteiger partial charge in [0.1, 0.15) is 5.15 Å². The Kier molecular flexibility index (Phi) is 5.24. The fourth-order valence-electron chi connectivity index (χ4n) is 1.87. The number of halogens is 2. The van der Waals surface area contributed by atoms with Crippen LogP contribution in [0.15, 0.2) is 22.0 Å². The Bertz CT molecular complexity index is 692. The van der Waals surface area contributed by atoms with E-state index in [-0.39, 0.29) is 5.91 Å². The number of aryl methyl sites for hydroxylation is 2. The first-order valence-corrected chi connectivity index (χ1v) is 8.23. The van der Waals surface area contributed by atoms with E-state index in [1.54, 1.807) is 41.1 Å². The van der Waals surface area contributed by atoms with E-state index in [9.17, 15) is 4.79 Å². The van der Waals surface area contributed by atoms with Gasteiger partial charge in [-0.25, -0.2) is 0 Å². The molecule has 0 aromatic carbocycles. The minimum Gasteiger partial charge on any atom is -0.337 e. The van der Waals surface area contributed by atoms with Crippen molar-refractivity contribution >= 4 is 50.9 Å². The molecule has 0 radical (unpaired) electrons. The van der Waals surface area contributed by atoms with E-state index >= 15 is 0 Å². The molecule has 0 atom stereocenters. The lowest BCUT2D eigenvalue weighted by molar-refractivity contribution is -0.125. The van der Waals surface area contributed by atoms with Gasteiger partial charge >= 0.3 is 0 Å². The van der Waals surface area contributed by atoms with Crippen molar-refractivity contribution < 1.29 is 4.79 Å². The van der Waals surface area contributed by atoms with Crippen molar-refractivity contribution in [2.75, 3.05) is 7.05 Å². The lowest BCUT2D eigenvalue weighted by Crippen LogP contribution is -2.23. The number of carbonyl (C=O) groups excluding carboxylic acids is 1. The second-order valence-corrected chi connectivity index (χ2v) is 7.55. The average molecular weight is 389 g/mol. The Morgan fingerprint density at radius 2 is 2.29 bits per heavy atom. The zero-order valence-corrected chi connectivity index (χ0v) is 15.1. The molecule has 0 spiro atoms. The highest BCUT2D eigenvalue weighted by Crippen LogP contribution is 2.23. The average Bonchev–Trinajstić information content (AvgIpc) is 2.92. The Morgan fingerprint density at radius 1 is 1.57 bits per heavy atom. The molecule has 0 fully saturated rings. The number of aromatic nitrogens is 2. The molecule has 112 valence electrons. The van der Waals surface area contributed by atoms with Crippen LogP contribution in [-0.2, 0) is 18.4 Å². The maximum absolute atomic E-state index is 12.1. The highest BCUT2D eigenvalue weighted by molar-refractivity contribution is 9.11. The molecule has 1 amide bonds. The largest absolute Gasteiger partial charge is 0.337 e. The molecule has 0 bridgehead atoms. The van der Waals surface area contributed by atoms with Gasteiger partial charge in [-0.3, -0.25) is 9.48 Å². The number of hydrogen-bond acceptors (Lipinski definition) is 3. The van der Waals surface area contributed by atoms with E-state index in [2.05, 4.69) is 21.0 Å². The van der Waals surface area contributed by atoms with Crippen LogP contribution in [0.3, 0.4) is 0 Å². The van der Waals surface area contributed by atoms with Crippen LogP contribution >= 0.6 is 38.9 Å². The van der Waals surface area contributed by atoms with Crippen LogP contribution in [0.25, 0.3) is 6.08 Å². The number of likely N-dealkylation sites (N-methyl/N-ethyl adjacent to an activating group) is 1. The van der Waals surface area contributed by atoms with Crippen molar-refractivity contribution in [1.29, 1.82) is 0 Å². The maximum atomic E-state index is 12.1. The summed E-state index contributed by atoms with van der Waals surface area (Å²) >= 11 is 11.2. The smallest absolute Gasteiger partial charge is 0.246 e. The van der Waals surface area contributed by atoms with Crippen LogP contribution in [0.4, 0.5) is 0 Å². The number of nitrogens with zero attached hydrogens (tertiary/aromatic N) is 3. The van der Waals surface area contributed by atoms with Crippen molar-refractivity contribution in [1.82, 2.24) is 14.7 Å². The van der Waals surface area contributed by atoms with Crippen molar-refractivity contribution in [3.05, 3.63) is 43.3 Å². The number of thiophene rings is 1. The van der Waals surface area contributed by atoms with Gasteiger partial charge in [-0.2, -0.15) is 5.10 Å². The Hall–Kier alpha value is -1.11. The minimum atomic E-state index is -0.0705. The summed E-state index contributed by atoms with van der Waals surface area (Å²) in [5, 5.41) is 4.74. The quantitative estimate of drug-likeness (QED) is 0.746. The molecule has 0 aliphatic heterocycles. The summed E-state index contributed by atoms with van der Waals surface area (Å²) in [5.74, 6) is -0.0705. The lowest BCUT2D eigenvalue weighted by atomic mass is 10.2. The standard InChI is InChI=1S/C14H15BrClN3OS/c1-9-11(14(16)19(3)17-9)5-7-13(20)18(2)8-10-4-6-12(15)21-10/h4-7H,8H2,1-3H3/b7-5+. The van der Waals surface area contributed by atoms with Crippen molar-refractivity contribution in [2.24, 2.45) is 7.05 Å². The minimum absolute atomic E-state index is 0.0705. The first-order chi connectivity index (χ1) is 9.88. The molecule has 7 heteroatoms. The number of amides is 1. The Morgan fingerprint density at radius 3 is 2.81 bits per heavy atom. The highest BCUT2D eigenvalue weighted by Gasteiger charge is 2.11. The van der Waals surface area contributed by atoms with Crippen LogP contribution in [0.5, 0.6) is 0 Å². The molecule has 2 aromatic heterocycles. The van der Waals surface area contributed by atoms with Gasteiger partial charge in [-0.1, -0.05) is 11.6 Å². The van der Waals surface area contributed by atoms with Crippen molar-refractivity contribution in [3.8, 4) is 0 Å². The molecule has 4 nitrogen and oxygen atoms in total. The molecular weight excluding hydrogens is 374 g/mol. The van der Waals surface area contributed by atoms with Gasteiger partial charge in [0.15, 0.2) is 0 Å². The lowest BCUT2D eigenvalue weighted by Gasteiger charge is -2.13. The van der Waals surface area contributed by atoms with Crippen LogP contribution in [-0.4, -0.2) is 27.6 Å². The summed E-state index contributed by atoms with van der Waals surface area (Å²) in [4.78, 5) is 14.9. The Balaban J connectivity index is 2.04. The van der Waals surface area contributed by atoms with E-state index in [0.717, 1.165) is 19.9 Å². The second kappa shape index (κ2) is 6.77. The SMILES string of the molecule is Cc1nn(C)c(Cl)c1/C=C/C(=O)N(C)Cc1ccc(Br)s1. The molecule has 2 heterocycles. The molecule has 2 rings (SSSR count). The molecule has 21 heavy (non-hydrogen) atoms. The third kappa shape index (κ3) is 3.96. The molecule has 0 N–H and O–H groups in total. The molecule has 0 saturated carbocycles. The van der Waals surface area contributed by atoms with Crippen molar-refractivity contribution in [2.45, 2.75) is 13.5 Å². The van der Waals surface area contributed by atoms with Gasteiger partial charge in [-0.05, 0) is 41.1 Å². The Labute approximate surface area is 141 Å². The maximum Gasteiger partial charge on any atom is 0.246 e. The highest BCUT2D eigenvalue weighted by atomic mass is 79.9. The van der Waals surface area contributed by atoms with E-state index in [0.29, 0.717) is 11.7 Å². The summed E-state index contributed by atoms with van der Waals surface area (Å²) < 4.78 is 2.65. The predicted octanol–water partition coefficient (Wildman–Crippen LogP) is 3.88.